The van der Waals surface area contributed by atoms with Gasteiger partial charge >= 0.3 is 0 Å². The topological polar surface area (TPSA) is 38.3 Å². The average molecular weight is 223 g/mol. The Morgan fingerprint density at radius 1 is 1.62 bits per heavy atom. The van der Waals surface area contributed by atoms with Crippen molar-refractivity contribution in [3.8, 4) is 5.75 Å². The standard InChI is InChI=1S/C12H14FNO2/c1-3-6-14-8-12(15)10-5-4-9(16-2)7-11(10)13/h3-5,7,14H,1,6,8H2,2H3. The van der Waals surface area contributed by atoms with Crippen molar-refractivity contribution in [3.05, 3.63) is 42.2 Å². The molecule has 86 valence electrons. The molecule has 0 heterocycles. The lowest BCUT2D eigenvalue weighted by molar-refractivity contribution is 0.0988. The molecule has 0 aliphatic rings. The van der Waals surface area contributed by atoms with Crippen molar-refractivity contribution in [1.82, 2.24) is 5.32 Å². The molecule has 0 saturated heterocycles. The Labute approximate surface area is 93.9 Å². The van der Waals surface area contributed by atoms with Gasteiger partial charge in [0.1, 0.15) is 11.6 Å². The number of ketones is 1. The molecule has 0 aliphatic heterocycles. The van der Waals surface area contributed by atoms with E-state index in [1.54, 1.807) is 12.1 Å². The fourth-order valence-electron chi connectivity index (χ4n) is 1.23. The Hall–Kier alpha value is -1.68. The van der Waals surface area contributed by atoms with E-state index in [-0.39, 0.29) is 17.9 Å². The number of Topliss-reactive ketones (excluding diaryl/α,β-unsaturated/α-hetero) is 1. The van der Waals surface area contributed by atoms with Crippen molar-refractivity contribution < 1.29 is 13.9 Å². The molecule has 0 spiro atoms. The van der Waals surface area contributed by atoms with E-state index in [9.17, 15) is 9.18 Å². The molecule has 4 heteroatoms. The van der Waals surface area contributed by atoms with Gasteiger partial charge in [-0.15, -0.1) is 6.58 Å². The number of hydrogen-bond acceptors (Lipinski definition) is 3. The molecule has 1 aromatic carbocycles. The highest BCUT2D eigenvalue weighted by atomic mass is 19.1. The van der Waals surface area contributed by atoms with Gasteiger partial charge in [-0.05, 0) is 12.1 Å². The van der Waals surface area contributed by atoms with Crippen molar-refractivity contribution in [2.45, 2.75) is 0 Å². The number of nitrogens with one attached hydrogen (secondary N) is 1. The molecule has 1 N–H and O–H groups in total. The summed E-state index contributed by atoms with van der Waals surface area (Å²) >= 11 is 0. The van der Waals surface area contributed by atoms with Gasteiger partial charge in [0.25, 0.3) is 0 Å². The number of carbonyl (C=O) groups excluding carboxylic acids is 1. The van der Waals surface area contributed by atoms with Crippen LogP contribution < -0.4 is 10.1 Å². The number of rotatable bonds is 6. The average Bonchev–Trinajstić information content (AvgIpc) is 2.29. The zero-order chi connectivity index (χ0) is 12.0. The van der Waals surface area contributed by atoms with Gasteiger partial charge in [-0.25, -0.2) is 4.39 Å². The third-order valence-corrected chi connectivity index (χ3v) is 2.05. The SMILES string of the molecule is C=CCNCC(=O)c1ccc(OC)cc1F. The first kappa shape index (κ1) is 12.4. The highest BCUT2D eigenvalue weighted by molar-refractivity contribution is 5.98. The minimum atomic E-state index is -0.565. The Morgan fingerprint density at radius 2 is 2.38 bits per heavy atom. The molecular weight excluding hydrogens is 209 g/mol. The van der Waals surface area contributed by atoms with Crippen LogP contribution in [0.5, 0.6) is 5.75 Å². The molecule has 0 unspecified atom stereocenters. The zero-order valence-corrected chi connectivity index (χ0v) is 9.13. The van der Waals surface area contributed by atoms with Gasteiger partial charge in [-0.2, -0.15) is 0 Å². The summed E-state index contributed by atoms with van der Waals surface area (Å²) in [5, 5.41) is 2.82. The van der Waals surface area contributed by atoms with Gasteiger partial charge in [0.05, 0.1) is 19.2 Å². The Morgan fingerprint density at radius 3 is 2.94 bits per heavy atom. The lowest BCUT2D eigenvalue weighted by Gasteiger charge is -2.05. The monoisotopic (exact) mass is 223 g/mol. The molecule has 0 radical (unpaired) electrons. The van der Waals surface area contributed by atoms with Crippen LogP contribution in [0.25, 0.3) is 0 Å². The van der Waals surface area contributed by atoms with Crippen molar-refractivity contribution >= 4 is 5.78 Å². The highest BCUT2D eigenvalue weighted by Crippen LogP contribution is 2.16. The molecule has 0 aliphatic carbocycles. The number of carbonyl (C=O) groups is 1. The van der Waals surface area contributed by atoms with E-state index in [1.807, 2.05) is 0 Å². The molecule has 3 nitrogen and oxygen atoms in total. The predicted molar refractivity (Wildman–Crippen MR) is 60.3 cm³/mol. The summed E-state index contributed by atoms with van der Waals surface area (Å²) in [7, 11) is 1.45. The van der Waals surface area contributed by atoms with E-state index < -0.39 is 5.82 Å². The molecule has 0 amide bonds. The maximum Gasteiger partial charge on any atom is 0.179 e. The molecule has 16 heavy (non-hydrogen) atoms. The van der Waals surface area contributed by atoms with Crippen LogP contribution in [0.4, 0.5) is 4.39 Å². The fourth-order valence-corrected chi connectivity index (χ4v) is 1.23. The largest absolute Gasteiger partial charge is 0.497 e. The lowest BCUT2D eigenvalue weighted by atomic mass is 10.1. The summed E-state index contributed by atoms with van der Waals surface area (Å²) in [6.07, 6.45) is 1.64. The molecule has 0 aromatic heterocycles. The van der Waals surface area contributed by atoms with Gasteiger partial charge in [0.2, 0.25) is 0 Å². The van der Waals surface area contributed by atoms with E-state index >= 15 is 0 Å². The fraction of sp³-hybridized carbons (Fsp3) is 0.250. The predicted octanol–water partition coefficient (Wildman–Crippen LogP) is 1.79. The Kier molecular flexibility index (Phi) is 4.66. The van der Waals surface area contributed by atoms with Gasteiger partial charge in [0.15, 0.2) is 5.78 Å². The summed E-state index contributed by atoms with van der Waals surface area (Å²) in [5.41, 5.74) is 0.0670. The maximum absolute atomic E-state index is 13.4. The first-order valence-electron chi connectivity index (χ1n) is 4.87. The van der Waals surface area contributed by atoms with Crippen LogP contribution >= 0.6 is 0 Å². The summed E-state index contributed by atoms with van der Waals surface area (Å²) in [5.74, 6) is -0.458. The first-order valence-corrected chi connectivity index (χ1v) is 4.87. The van der Waals surface area contributed by atoms with Crippen LogP contribution in [0.1, 0.15) is 10.4 Å². The third-order valence-electron chi connectivity index (χ3n) is 2.05. The summed E-state index contributed by atoms with van der Waals surface area (Å²) in [4.78, 5) is 11.6. The quantitative estimate of drug-likeness (QED) is 0.454. The van der Waals surface area contributed by atoms with E-state index in [0.29, 0.717) is 12.3 Å². The zero-order valence-electron chi connectivity index (χ0n) is 9.13. The van der Waals surface area contributed by atoms with Crippen molar-refractivity contribution in [3.63, 3.8) is 0 Å². The minimum absolute atomic E-state index is 0.0670. The van der Waals surface area contributed by atoms with Crippen LogP contribution in [-0.4, -0.2) is 26.0 Å². The smallest absolute Gasteiger partial charge is 0.179 e. The molecule has 0 atom stereocenters. The second-order valence-electron chi connectivity index (χ2n) is 3.19. The minimum Gasteiger partial charge on any atom is -0.497 e. The molecule has 0 bridgehead atoms. The maximum atomic E-state index is 13.4. The van der Waals surface area contributed by atoms with Crippen molar-refractivity contribution in [2.75, 3.05) is 20.2 Å². The van der Waals surface area contributed by atoms with Gasteiger partial charge < -0.3 is 10.1 Å². The number of hydrogen-bond donors (Lipinski definition) is 1. The van der Waals surface area contributed by atoms with Crippen molar-refractivity contribution in [1.29, 1.82) is 0 Å². The second kappa shape index (κ2) is 6.02. The van der Waals surface area contributed by atoms with E-state index in [2.05, 4.69) is 11.9 Å². The van der Waals surface area contributed by atoms with Gasteiger partial charge in [-0.1, -0.05) is 6.08 Å². The van der Waals surface area contributed by atoms with Gasteiger partial charge in [-0.3, -0.25) is 4.79 Å². The molecular formula is C12H14FNO2. The van der Waals surface area contributed by atoms with Crippen LogP contribution in [-0.2, 0) is 0 Å². The van der Waals surface area contributed by atoms with E-state index in [1.165, 1.54) is 19.2 Å². The van der Waals surface area contributed by atoms with Crippen LogP contribution in [0.2, 0.25) is 0 Å². The number of ether oxygens (including phenoxy) is 1. The van der Waals surface area contributed by atoms with Crippen LogP contribution in [0, 0.1) is 5.82 Å². The molecule has 1 rings (SSSR count). The molecule has 1 aromatic rings. The molecule has 0 saturated carbocycles. The van der Waals surface area contributed by atoms with Crippen LogP contribution in [0.3, 0.4) is 0 Å². The highest BCUT2D eigenvalue weighted by Gasteiger charge is 2.11. The second-order valence-corrected chi connectivity index (χ2v) is 3.19. The Balaban J connectivity index is 2.72. The summed E-state index contributed by atoms with van der Waals surface area (Å²) in [6, 6.07) is 4.18. The normalized spacial score (nSPS) is 9.88. The number of benzene rings is 1. The third kappa shape index (κ3) is 3.17. The number of halogens is 1. The lowest BCUT2D eigenvalue weighted by Crippen LogP contribution is -2.23. The Bertz CT molecular complexity index is 391. The van der Waals surface area contributed by atoms with E-state index in [0.717, 1.165) is 0 Å². The number of methoxy groups -OCH3 is 1. The summed E-state index contributed by atoms with van der Waals surface area (Å²) < 4.78 is 18.3. The van der Waals surface area contributed by atoms with Crippen molar-refractivity contribution in [2.24, 2.45) is 0 Å². The summed E-state index contributed by atoms with van der Waals surface area (Å²) in [6.45, 7) is 4.12. The first-order chi connectivity index (χ1) is 7.69. The molecule has 0 fully saturated rings. The van der Waals surface area contributed by atoms with Gasteiger partial charge in [0, 0.05) is 12.6 Å². The van der Waals surface area contributed by atoms with E-state index in [4.69, 9.17) is 4.74 Å². The van der Waals surface area contributed by atoms with Crippen LogP contribution in [0.15, 0.2) is 30.9 Å².